The summed E-state index contributed by atoms with van der Waals surface area (Å²) in [4.78, 5) is 23.3. The summed E-state index contributed by atoms with van der Waals surface area (Å²) >= 11 is 7.47. The third-order valence-corrected chi connectivity index (χ3v) is 3.53. The highest BCUT2D eigenvalue weighted by molar-refractivity contribution is 7.99. The lowest BCUT2D eigenvalue weighted by molar-refractivity contribution is -0.137. The van der Waals surface area contributed by atoms with Crippen LogP contribution in [0.15, 0.2) is 23.1 Å². The Morgan fingerprint density at radius 3 is 2.67 bits per heavy atom. The highest BCUT2D eigenvalue weighted by atomic mass is 35.5. The maximum absolute atomic E-state index is 12.0. The van der Waals surface area contributed by atoms with Crippen LogP contribution in [0.1, 0.15) is 36.5 Å². The zero-order valence-corrected chi connectivity index (χ0v) is 11.7. The molecule has 0 saturated heterocycles. The molecule has 5 heteroatoms. The Kier molecular flexibility index (Phi) is 6.22. The molecule has 0 aromatic heterocycles. The maximum atomic E-state index is 12.0. The molecule has 0 atom stereocenters. The van der Waals surface area contributed by atoms with Crippen LogP contribution in [0.3, 0.4) is 0 Å². The van der Waals surface area contributed by atoms with Gasteiger partial charge in [0.1, 0.15) is 0 Å². The lowest BCUT2D eigenvalue weighted by Crippen LogP contribution is -2.03. The third-order valence-electron chi connectivity index (χ3n) is 2.34. The molecule has 3 nitrogen and oxygen atoms in total. The van der Waals surface area contributed by atoms with Crippen molar-refractivity contribution in [3.63, 3.8) is 0 Å². The SMILES string of the molecule is CCSc1ccc(Cl)cc1C(=O)CCCC(=O)O. The monoisotopic (exact) mass is 286 g/mol. The first-order chi connectivity index (χ1) is 8.54. The van der Waals surface area contributed by atoms with Crippen LogP contribution < -0.4 is 0 Å². The van der Waals surface area contributed by atoms with Crippen molar-refractivity contribution in [2.75, 3.05) is 5.75 Å². The van der Waals surface area contributed by atoms with E-state index >= 15 is 0 Å². The molecule has 0 aliphatic carbocycles. The molecule has 1 aromatic rings. The molecule has 0 saturated carbocycles. The van der Waals surface area contributed by atoms with Gasteiger partial charge in [-0.25, -0.2) is 0 Å². The Hall–Kier alpha value is -1.00. The molecular formula is C13H15ClO3S. The minimum absolute atomic E-state index is 0.0164. The number of carbonyl (C=O) groups is 2. The summed E-state index contributed by atoms with van der Waals surface area (Å²) in [5.74, 6) is -0.0522. The summed E-state index contributed by atoms with van der Waals surface area (Å²) in [6, 6.07) is 5.25. The summed E-state index contributed by atoms with van der Waals surface area (Å²) in [5, 5.41) is 9.07. The van der Waals surface area contributed by atoms with E-state index in [1.54, 1.807) is 23.9 Å². The van der Waals surface area contributed by atoms with Gasteiger partial charge in [-0.2, -0.15) is 0 Å². The fourth-order valence-electron chi connectivity index (χ4n) is 1.54. The van der Waals surface area contributed by atoms with E-state index in [9.17, 15) is 9.59 Å². The van der Waals surface area contributed by atoms with Gasteiger partial charge in [-0.05, 0) is 30.4 Å². The van der Waals surface area contributed by atoms with Gasteiger partial charge in [0.2, 0.25) is 0 Å². The molecule has 18 heavy (non-hydrogen) atoms. The fourth-order valence-corrected chi connectivity index (χ4v) is 2.51. The van der Waals surface area contributed by atoms with Crippen LogP contribution in [0.5, 0.6) is 0 Å². The van der Waals surface area contributed by atoms with E-state index in [0.717, 1.165) is 10.6 Å². The number of Topliss-reactive ketones (excluding diaryl/α,β-unsaturated/α-hetero) is 1. The molecule has 0 bridgehead atoms. The van der Waals surface area contributed by atoms with Crippen LogP contribution in [0, 0.1) is 0 Å². The maximum Gasteiger partial charge on any atom is 0.303 e. The molecule has 0 unspecified atom stereocenters. The molecular weight excluding hydrogens is 272 g/mol. The lowest BCUT2D eigenvalue weighted by atomic mass is 10.1. The van der Waals surface area contributed by atoms with E-state index < -0.39 is 5.97 Å². The van der Waals surface area contributed by atoms with Crippen LogP contribution in [0.2, 0.25) is 5.02 Å². The molecule has 98 valence electrons. The summed E-state index contributed by atoms with van der Waals surface area (Å²) in [5.41, 5.74) is 0.597. The van der Waals surface area contributed by atoms with Crippen LogP contribution in [-0.2, 0) is 4.79 Å². The second-order valence-corrected chi connectivity index (χ2v) is 5.49. The topological polar surface area (TPSA) is 54.4 Å². The van der Waals surface area contributed by atoms with Gasteiger partial charge in [-0.15, -0.1) is 11.8 Å². The molecule has 1 aromatic carbocycles. The Morgan fingerprint density at radius 1 is 1.33 bits per heavy atom. The summed E-state index contributed by atoms with van der Waals surface area (Å²) in [6.45, 7) is 2.01. The van der Waals surface area contributed by atoms with Crippen molar-refractivity contribution in [2.45, 2.75) is 31.1 Å². The molecule has 0 fully saturated rings. The molecule has 1 N–H and O–H groups in total. The van der Waals surface area contributed by atoms with E-state index in [1.165, 1.54) is 0 Å². The van der Waals surface area contributed by atoms with Crippen LogP contribution >= 0.6 is 23.4 Å². The Balaban J connectivity index is 2.76. The van der Waals surface area contributed by atoms with Crippen LogP contribution in [0.4, 0.5) is 0 Å². The quantitative estimate of drug-likeness (QED) is 0.610. The third kappa shape index (κ3) is 4.70. The van der Waals surface area contributed by atoms with Crippen molar-refractivity contribution in [3.8, 4) is 0 Å². The van der Waals surface area contributed by atoms with Gasteiger partial charge in [0.25, 0.3) is 0 Å². The number of thioether (sulfide) groups is 1. The molecule has 0 amide bonds. The summed E-state index contributed by atoms with van der Waals surface area (Å²) in [6.07, 6.45) is 0.614. The molecule has 0 aliphatic heterocycles. The number of ketones is 1. The van der Waals surface area contributed by atoms with Gasteiger partial charge in [0, 0.05) is 28.3 Å². The zero-order chi connectivity index (χ0) is 13.5. The largest absolute Gasteiger partial charge is 0.481 e. The molecule has 0 heterocycles. The number of carboxylic acid groups (broad SMARTS) is 1. The van der Waals surface area contributed by atoms with Crippen molar-refractivity contribution in [3.05, 3.63) is 28.8 Å². The lowest BCUT2D eigenvalue weighted by Gasteiger charge is -2.07. The Morgan fingerprint density at radius 2 is 2.06 bits per heavy atom. The van der Waals surface area contributed by atoms with Crippen molar-refractivity contribution < 1.29 is 14.7 Å². The smallest absolute Gasteiger partial charge is 0.303 e. The van der Waals surface area contributed by atoms with Gasteiger partial charge in [-0.3, -0.25) is 9.59 Å². The van der Waals surface area contributed by atoms with Crippen molar-refractivity contribution in [1.29, 1.82) is 0 Å². The normalized spacial score (nSPS) is 10.3. The molecule has 0 radical (unpaired) electrons. The minimum atomic E-state index is -0.878. The Labute approximate surface area is 116 Å². The predicted molar refractivity (Wildman–Crippen MR) is 73.7 cm³/mol. The van der Waals surface area contributed by atoms with Gasteiger partial charge in [0.15, 0.2) is 5.78 Å². The van der Waals surface area contributed by atoms with Gasteiger partial charge in [-0.1, -0.05) is 18.5 Å². The fraction of sp³-hybridized carbons (Fsp3) is 0.385. The second kappa shape index (κ2) is 7.44. The van der Waals surface area contributed by atoms with Crippen LogP contribution in [-0.4, -0.2) is 22.6 Å². The number of halogens is 1. The van der Waals surface area contributed by atoms with E-state index in [1.807, 2.05) is 13.0 Å². The Bertz CT molecular complexity index is 446. The number of hydrogen-bond donors (Lipinski definition) is 1. The predicted octanol–water partition coefficient (Wildman–Crippen LogP) is 3.89. The number of hydrogen-bond acceptors (Lipinski definition) is 3. The summed E-state index contributed by atoms with van der Waals surface area (Å²) in [7, 11) is 0. The second-order valence-electron chi connectivity index (χ2n) is 3.74. The highest BCUT2D eigenvalue weighted by Crippen LogP contribution is 2.27. The summed E-state index contributed by atoms with van der Waals surface area (Å²) < 4.78 is 0. The average Bonchev–Trinajstić information content (AvgIpc) is 2.31. The molecule has 0 spiro atoms. The first-order valence-electron chi connectivity index (χ1n) is 5.72. The van der Waals surface area contributed by atoms with E-state index in [4.69, 9.17) is 16.7 Å². The first-order valence-corrected chi connectivity index (χ1v) is 7.08. The zero-order valence-electron chi connectivity index (χ0n) is 10.1. The number of aliphatic carboxylic acids is 1. The highest BCUT2D eigenvalue weighted by Gasteiger charge is 2.12. The van der Waals surface area contributed by atoms with Crippen molar-refractivity contribution in [2.24, 2.45) is 0 Å². The van der Waals surface area contributed by atoms with Crippen molar-refractivity contribution >= 4 is 35.1 Å². The number of rotatable bonds is 7. The van der Waals surface area contributed by atoms with Gasteiger partial charge in [0.05, 0.1) is 0 Å². The number of carboxylic acids is 1. The van der Waals surface area contributed by atoms with Gasteiger partial charge >= 0.3 is 5.97 Å². The van der Waals surface area contributed by atoms with Crippen molar-refractivity contribution in [1.82, 2.24) is 0 Å². The number of carbonyl (C=O) groups excluding carboxylic acids is 1. The van der Waals surface area contributed by atoms with Gasteiger partial charge < -0.3 is 5.11 Å². The first kappa shape index (κ1) is 15.1. The van der Waals surface area contributed by atoms with E-state index in [-0.39, 0.29) is 18.6 Å². The standard InChI is InChI=1S/C13H15ClO3S/c1-2-18-12-7-6-9(14)8-10(12)11(15)4-3-5-13(16)17/h6-8H,2-5H2,1H3,(H,16,17). The molecule has 1 rings (SSSR count). The molecule has 0 aliphatic rings. The van der Waals surface area contributed by atoms with Crippen LogP contribution in [0.25, 0.3) is 0 Å². The average molecular weight is 287 g/mol. The van der Waals surface area contributed by atoms with E-state index in [2.05, 4.69) is 0 Å². The van der Waals surface area contributed by atoms with E-state index in [0.29, 0.717) is 17.0 Å². The number of benzene rings is 1. The minimum Gasteiger partial charge on any atom is -0.481 e.